The number of rotatable bonds is 5. The van der Waals surface area contributed by atoms with Crippen LogP contribution in [-0.2, 0) is 11.3 Å². The summed E-state index contributed by atoms with van der Waals surface area (Å²) in [6.45, 7) is 2.02. The number of hydrogen-bond donors (Lipinski definition) is 1. The molecule has 0 heterocycles. The Balaban J connectivity index is 1.45. The van der Waals surface area contributed by atoms with Gasteiger partial charge in [0.25, 0.3) is 0 Å². The molecule has 2 aliphatic carbocycles. The average molecular weight is 273 g/mol. The fourth-order valence-corrected chi connectivity index (χ4v) is 3.90. The molecule has 2 aliphatic rings. The van der Waals surface area contributed by atoms with Gasteiger partial charge in [-0.2, -0.15) is 0 Å². The third-order valence-corrected chi connectivity index (χ3v) is 5.00. The summed E-state index contributed by atoms with van der Waals surface area (Å²) in [6.07, 6.45) is 5.82. The molecule has 0 aliphatic heterocycles. The van der Waals surface area contributed by atoms with E-state index in [1.807, 2.05) is 24.3 Å². The van der Waals surface area contributed by atoms with Gasteiger partial charge in [-0.3, -0.25) is 0 Å². The number of ether oxygens (including phenoxy) is 1. The van der Waals surface area contributed by atoms with E-state index in [0.29, 0.717) is 5.56 Å². The summed E-state index contributed by atoms with van der Waals surface area (Å²) in [7, 11) is 1.41. The van der Waals surface area contributed by atoms with Gasteiger partial charge in [0.1, 0.15) is 0 Å². The first-order valence-corrected chi connectivity index (χ1v) is 7.64. The average Bonchev–Trinajstić information content (AvgIpc) is 3.10. The van der Waals surface area contributed by atoms with Gasteiger partial charge >= 0.3 is 5.97 Å². The number of benzene rings is 1. The number of methoxy groups -OCH3 is 1. The Labute approximate surface area is 120 Å². The third-order valence-electron chi connectivity index (χ3n) is 5.00. The largest absolute Gasteiger partial charge is 0.465 e. The second-order valence-corrected chi connectivity index (χ2v) is 6.25. The van der Waals surface area contributed by atoms with Gasteiger partial charge in [-0.05, 0) is 61.3 Å². The molecular weight excluding hydrogens is 250 g/mol. The number of carbonyl (C=O) groups is 1. The van der Waals surface area contributed by atoms with Crippen LogP contribution in [0.1, 0.15) is 41.6 Å². The second-order valence-electron chi connectivity index (χ2n) is 6.25. The van der Waals surface area contributed by atoms with Gasteiger partial charge in [0.15, 0.2) is 0 Å². The van der Waals surface area contributed by atoms with Gasteiger partial charge < -0.3 is 10.1 Å². The lowest BCUT2D eigenvalue weighted by atomic mass is 9.89. The maximum absolute atomic E-state index is 11.3. The van der Waals surface area contributed by atoms with E-state index in [4.69, 9.17) is 4.74 Å². The van der Waals surface area contributed by atoms with Gasteiger partial charge in [0.2, 0.25) is 0 Å². The van der Waals surface area contributed by atoms with Crippen LogP contribution in [0.2, 0.25) is 0 Å². The zero-order chi connectivity index (χ0) is 13.9. The number of nitrogens with one attached hydrogen (secondary N) is 1. The Bertz CT molecular complexity index is 468. The predicted octanol–water partition coefficient (Wildman–Crippen LogP) is 3.00. The summed E-state index contributed by atoms with van der Waals surface area (Å²) in [5, 5.41) is 3.57. The van der Waals surface area contributed by atoms with Gasteiger partial charge in [-0.1, -0.05) is 18.6 Å². The summed E-state index contributed by atoms with van der Waals surface area (Å²) in [6, 6.07) is 7.67. The zero-order valence-electron chi connectivity index (χ0n) is 12.1. The number of fused-ring (bicyclic) bond motifs is 2. The monoisotopic (exact) mass is 273 g/mol. The summed E-state index contributed by atoms with van der Waals surface area (Å²) >= 11 is 0. The maximum Gasteiger partial charge on any atom is 0.337 e. The van der Waals surface area contributed by atoms with Gasteiger partial charge in [0.05, 0.1) is 12.7 Å². The maximum atomic E-state index is 11.3. The lowest BCUT2D eigenvalue weighted by Crippen LogP contribution is -2.26. The highest BCUT2D eigenvalue weighted by molar-refractivity contribution is 5.89. The smallest absolute Gasteiger partial charge is 0.337 e. The van der Waals surface area contributed by atoms with Crippen LogP contribution in [0, 0.1) is 17.8 Å². The van der Waals surface area contributed by atoms with Crippen molar-refractivity contribution in [2.24, 2.45) is 17.8 Å². The molecule has 20 heavy (non-hydrogen) atoms. The molecule has 3 atom stereocenters. The molecule has 108 valence electrons. The quantitative estimate of drug-likeness (QED) is 0.838. The van der Waals surface area contributed by atoms with E-state index in [9.17, 15) is 4.79 Å². The lowest BCUT2D eigenvalue weighted by Gasteiger charge is -2.21. The van der Waals surface area contributed by atoms with E-state index in [1.54, 1.807) is 0 Å². The predicted molar refractivity (Wildman–Crippen MR) is 78.4 cm³/mol. The highest BCUT2D eigenvalue weighted by Crippen LogP contribution is 2.47. The Hall–Kier alpha value is -1.35. The van der Waals surface area contributed by atoms with Crippen LogP contribution in [-0.4, -0.2) is 19.6 Å². The number of hydrogen-bond acceptors (Lipinski definition) is 3. The first kappa shape index (κ1) is 13.6. The van der Waals surface area contributed by atoms with E-state index in [2.05, 4.69) is 5.32 Å². The molecule has 0 aromatic heterocycles. The van der Waals surface area contributed by atoms with Crippen molar-refractivity contribution in [3.8, 4) is 0 Å². The Kier molecular flexibility index (Phi) is 4.06. The summed E-state index contributed by atoms with van der Waals surface area (Å²) in [4.78, 5) is 11.3. The molecule has 3 unspecified atom stereocenters. The van der Waals surface area contributed by atoms with Crippen LogP contribution in [0.3, 0.4) is 0 Å². The van der Waals surface area contributed by atoms with Crippen LogP contribution in [0.25, 0.3) is 0 Å². The first-order chi connectivity index (χ1) is 9.76. The van der Waals surface area contributed by atoms with Crippen molar-refractivity contribution in [3.05, 3.63) is 35.4 Å². The second kappa shape index (κ2) is 5.96. The molecule has 2 saturated carbocycles. The summed E-state index contributed by atoms with van der Waals surface area (Å²) < 4.78 is 4.70. The van der Waals surface area contributed by atoms with Crippen molar-refractivity contribution in [1.29, 1.82) is 0 Å². The molecule has 0 spiro atoms. The summed E-state index contributed by atoms with van der Waals surface area (Å²) in [5.41, 5.74) is 1.84. The van der Waals surface area contributed by atoms with E-state index in [-0.39, 0.29) is 5.97 Å². The van der Waals surface area contributed by atoms with Crippen molar-refractivity contribution in [3.63, 3.8) is 0 Å². The Morgan fingerprint density at radius 2 is 2.05 bits per heavy atom. The van der Waals surface area contributed by atoms with Crippen molar-refractivity contribution in [2.75, 3.05) is 13.7 Å². The molecule has 1 aromatic carbocycles. The SMILES string of the molecule is COC(=O)c1ccc(CNCC2CC3CCC2C3)cc1. The molecule has 1 N–H and O–H groups in total. The molecule has 0 radical (unpaired) electrons. The minimum Gasteiger partial charge on any atom is -0.465 e. The molecule has 2 fully saturated rings. The van der Waals surface area contributed by atoms with Gasteiger partial charge in [0, 0.05) is 6.54 Å². The highest BCUT2D eigenvalue weighted by atomic mass is 16.5. The van der Waals surface area contributed by atoms with Crippen LogP contribution in [0.4, 0.5) is 0 Å². The lowest BCUT2D eigenvalue weighted by molar-refractivity contribution is 0.0600. The van der Waals surface area contributed by atoms with Crippen LogP contribution in [0.15, 0.2) is 24.3 Å². The topological polar surface area (TPSA) is 38.3 Å². The van der Waals surface area contributed by atoms with E-state index in [0.717, 1.165) is 30.8 Å². The molecule has 3 rings (SSSR count). The molecule has 2 bridgehead atoms. The minimum absolute atomic E-state index is 0.272. The fraction of sp³-hybridized carbons (Fsp3) is 0.588. The van der Waals surface area contributed by atoms with Crippen LogP contribution in [0.5, 0.6) is 0 Å². The Morgan fingerprint density at radius 3 is 2.65 bits per heavy atom. The summed E-state index contributed by atoms with van der Waals surface area (Å²) in [5.74, 6) is 2.62. The van der Waals surface area contributed by atoms with E-state index >= 15 is 0 Å². The van der Waals surface area contributed by atoms with Crippen LogP contribution >= 0.6 is 0 Å². The zero-order valence-corrected chi connectivity index (χ0v) is 12.1. The molecule has 1 aromatic rings. The van der Waals surface area contributed by atoms with Crippen molar-refractivity contribution >= 4 is 5.97 Å². The highest BCUT2D eigenvalue weighted by Gasteiger charge is 2.38. The van der Waals surface area contributed by atoms with Crippen molar-refractivity contribution < 1.29 is 9.53 Å². The van der Waals surface area contributed by atoms with Gasteiger partial charge in [-0.15, -0.1) is 0 Å². The minimum atomic E-state index is -0.272. The third kappa shape index (κ3) is 2.88. The molecular formula is C17H23NO2. The van der Waals surface area contributed by atoms with E-state index < -0.39 is 0 Å². The van der Waals surface area contributed by atoms with E-state index in [1.165, 1.54) is 38.4 Å². The fourth-order valence-electron chi connectivity index (χ4n) is 3.90. The standard InChI is InChI=1S/C17H23NO2/c1-20-17(19)14-5-2-12(3-6-14)10-18-11-16-9-13-4-7-15(16)8-13/h2-3,5-6,13,15-16,18H,4,7-11H2,1H3. The normalized spacial score (nSPS) is 27.8. The number of esters is 1. The van der Waals surface area contributed by atoms with Crippen molar-refractivity contribution in [2.45, 2.75) is 32.2 Å². The molecule has 3 nitrogen and oxygen atoms in total. The van der Waals surface area contributed by atoms with Crippen molar-refractivity contribution in [1.82, 2.24) is 5.32 Å². The molecule has 0 amide bonds. The molecule has 0 saturated heterocycles. The first-order valence-electron chi connectivity index (χ1n) is 7.64. The number of carbonyl (C=O) groups excluding carboxylic acids is 1. The van der Waals surface area contributed by atoms with Crippen LogP contribution < -0.4 is 5.32 Å². The van der Waals surface area contributed by atoms with Gasteiger partial charge in [-0.25, -0.2) is 4.79 Å². The Morgan fingerprint density at radius 1 is 1.25 bits per heavy atom. The molecule has 3 heteroatoms.